The summed E-state index contributed by atoms with van der Waals surface area (Å²) < 4.78 is 1.64. The van der Waals surface area contributed by atoms with Crippen molar-refractivity contribution in [3.63, 3.8) is 0 Å². The van der Waals surface area contributed by atoms with Gasteiger partial charge >= 0.3 is 5.97 Å². The second-order valence-electron chi connectivity index (χ2n) is 6.09. The van der Waals surface area contributed by atoms with Crippen LogP contribution in [0.5, 0.6) is 0 Å². The predicted molar refractivity (Wildman–Crippen MR) is 96.2 cm³/mol. The van der Waals surface area contributed by atoms with Crippen LogP contribution in [0.1, 0.15) is 0 Å². The van der Waals surface area contributed by atoms with Gasteiger partial charge in [0.1, 0.15) is 6.04 Å². The van der Waals surface area contributed by atoms with E-state index in [4.69, 9.17) is 0 Å². The van der Waals surface area contributed by atoms with E-state index >= 15 is 0 Å². The number of aliphatic carboxylic acids is 1. The summed E-state index contributed by atoms with van der Waals surface area (Å²) in [5.41, 5.74) is 3.08. The molecule has 1 fully saturated rings. The van der Waals surface area contributed by atoms with Crippen molar-refractivity contribution in [2.75, 3.05) is 24.5 Å². The molecule has 1 aliphatic heterocycles. The number of rotatable bonds is 4. The van der Waals surface area contributed by atoms with Crippen LogP contribution in [0.4, 0.5) is 5.95 Å². The maximum atomic E-state index is 11.2. The van der Waals surface area contributed by atoms with Crippen molar-refractivity contribution in [3.05, 3.63) is 54.6 Å². The third-order valence-corrected chi connectivity index (χ3v) is 4.43. The van der Waals surface area contributed by atoms with Gasteiger partial charge in [0, 0.05) is 19.6 Å². The maximum Gasteiger partial charge on any atom is 0.322 e. The summed E-state index contributed by atoms with van der Waals surface area (Å²) in [4.78, 5) is 13.1. The molecule has 0 aliphatic carbocycles. The molecule has 1 atom stereocenters. The molecule has 0 saturated carbocycles. The fourth-order valence-electron chi connectivity index (χ4n) is 3.07. The number of carboxylic acid groups (broad SMARTS) is 1. The number of nitrogens with zero attached hydrogens (tertiary/aromatic N) is 5. The van der Waals surface area contributed by atoms with E-state index in [1.54, 1.807) is 4.68 Å². The number of carbonyl (C=O) groups is 1. The molecule has 0 radical (unpaired) electrons. The van der Waals surface area contributed by atoms with Gasteiger partial charge in [0.25, 0.3) is 0 Å². The van der Waals surface area contributed by atoms with Crippen LogP contribution in [0, 0.1) is 0 Å². The molecule has 1 saturated heterocycles. The second-order valence-corrected chi connectivity index (χ2v) is 6.09. The summed E-state index contributed by atoms with van der Waals surface area (Å²) in [6.45, 7) is 1.53. The standard InChI is InChI=1S/C18H18N6O2/c25-17(26)16-12-23(11-10-19-16)18-20-21-22-24(18)15-8-6-14(7-9-15)13-4-2-1-3-5-13/h1-9,16,19H,10-12H2,(H,25,26). The van der Waals surface area contributed by atoms with Crippen molar-refractivity contribution in [3.8, 4) is 16.8 Å². The van der Waals surface area contributed by atoms with Gasteiger partial charge in [0.15, 0.2) is 0 Å². The molecule has 132 valence electrons. The molecule has 3 aromatic rings. The van der Waals surface area contributed by atoms with E-state index in [2.05, 4.69) is 33.0 Å². The van der Waals surface area contributed by atoms with Gasteiger partial charge in [-0.05, 0) is 33.7 Å². The van der Waals surface area contributed by atoms with E-state index in [1.165, 1.54) is 0 Å². The quantitative estimate of drug-likeness (QED) is 0.730. The zero-order valence-corrected chi connectivity index (χ0v) is 14.0. The number of piperazine rings is 1. The second kappa shape index (κ2) is 6.93. The molecule has 1 aromatic heterocycles. The van der Waals surface area contributed by atoms with Crippen LogP contribution >= 0.6 is 0 Å². The highest BCUT2D eigenvalue weighted by Gasteiger charge is 2.28. The largest absolute Gasteiger partial charge is 0.480 e. The Labute approximate surface area is 150 Å². The number of carboxylic acids is 1. The Kier molecular flexibility index (Phi) is 4.32. The molecule has 1 unspecified atom stereocenters. The number of hydrogen-bond acceptors (Lipinski definition) is 6. The molecule has 8 heteroatoms. The lowest BCUT2D eigenvalue weighted by Crippen LogP contribution is -2.54. The van der Waals surface area contributed by atoms with Crippen molar-refractivity contribution in [2.24, 2.45) is 0 Å². The first kappa shape index (κ1) is 16.2. The number of benzene rings is 2. The topological polar surface area (TPSA) is 96.2 Å². The molecule has 8 nitrogen and oxygen atoms in total. The van der Waals surface area contributed by atoms with Crippen LogP contribution < -0.4 is 10.2 Å². The Morgan fingerprint density at radius 3 is 2.54 bits per heavy atom. The zero-order valence-electron chi connectivity index (χ0n) is 14.0. The minimum Gasteiger partial charge on any atom is -0.480 e. The summed E-state index contributed by atoms with van der Waals surface area (Å²) in [7, 11) is 0. The molecule has 0 amide bonds. The van der Waals surface area contributed by atoms with Crippen LogP contribution in [0.25, 0.3) is 16.8 Å². The van der Waals surface area contributed by atoms with Gasteiger partial charge in [-0.1, -0.05) is 47.6 Å². The zero-order chi connectivity index (χ0) is 17.9. The molecule has 2 aromatic carbocycles. The SMILES string of the molecule is O=C(O)C1CN(c2nnnn2-c2ccc(-c3ccccc3)cc2)CCN1. The average molecular weight is 350 g/mol. The fourth-order valence-corrected chi connectivity index (χ4v) is 3.07. The van der Waals surface area contributed by atoms with Crippen LogP contribution in [0.15, 0.2) is 54.6 Å². The molecular formula is C18H18N6O2. The van der Waals surface area contributed by atoms with Crippen molar-refractivity contribution in [1.82, 2.24) is 25.5 Å². The highest BCUT2D eigenvalue weighted by atomic mass is 16.4. The highest BCUT2D eigenvalue weighted by Crippen LogP contribution is 2.22. The summed E-state index contributed by atoms with van der Waals surface area (Å²) >= 11 is 0. The summed E-state index contributed by atoms with van der Waals surface area (Å²) in [6, 6.07) is 17.4. The van der Waals surface area contributed by atoms with E-state index in [9.17, 15) is 9.90 Å². The average Bonchev–Trinajstić information content (AvgIpc) is 3.19. The van der Waals surface area contributed by atoms with Crippen LogP contribution in [-0.2, 0) is 4.79 Å². The Bertz CT molecular complexity index is 894. The third-order valence-electron chi connectivity index (χ3n) is 4.43. The Balaban J connectivity index is 1.60. The van der Waals surface area contributed by atoms with Gasteiger partial charge in [-0.2, -0.15) is 4.68 Å². The van der Waals surface area contributed by atoms with Gasteiger partial charge in [-0.15, -0.1) is 0 Å². The van der Waals surface area contributed by atoms with Gasteiger partial charge in [0.2, 0.25) is 5.95 Å². The van der Waals surface area contributed by atoms with Crippen molar-refractivity contribution >= 4 is 11.9 Å². The maximum absolute atomic E-state index is 11.2. The molecule has 0 bridgehead atoms. The molecule has 1 aliphatic rings. The first-order valence-electron chi connectivity index (χ1n) is 8.38. The van der Waals surface area contributed by atoms with E-state index in [-0.39, 0.29) is 0 Å². The van der Waals surface area contributed by atoms with Crippen molar-refractivity contribution in [2.45, 2.75) is 6.04 Å². The molecule has 2 heterocycles. The minimum atomic E-state index is -0.874. The summed E-state index contributed by atoms with van der Waals surface area (Å²) in [5.74, 6) is -0.328. The number of nitrogens with one attached hydrogen (secondary N) is 1. The number of tetrazole rings is 1. The lowest BCUT2D eigenvalue weighted by Gasteiger charge is -2.31. The van der Waals surface area contributed by atoms with Crippen molar-refractivity contribution < 1.29 is 9.90 Å². The first-order valence-corrected chi connectivity index (χ1v) is 8.38. The van der Waals surface area contributed by atoms with Gasteiger partial charge in [-0.3, -0.25) is 4.79 Å². The van der Waals surface area contributed by atoms with E-state index in [1.807, 2.05) is 47.4 Å². The monoisotopic (exact) mass is 350 g/mol. The Morgan fingerprint density at radius 2 is 1.81 bits per heavy atom. The van der Waals surface area contributed by atoms with Crippen LogP contribution in [0.3, 0.4) is 0 Å². The van der Waals surface area contributed by atoms with E-state index in [0.717, 1.165) is 16.8 Å². The molecule has 26 heavy (non-hydrogen) atoms. The number of anilines is 1. The summed E-state index contributed by atoms with van der Waals surface area (Å²) in [6.07, 6.45) is 0. The lowest BCUT2D eigenvalue weighted by molar-refractivity contribution is -0.139. The van der Waals surface area contributed by atoms with Crippen LogP contribution in [-0.4, -0.2) is 57.0 Å². The predicted octanol–water partition coefficient (Wildman–Crippen LogP) is 1.19. The molecule has 0 spiro atoms. The molecule has 4 rings (SSSR count). The Morgan fingerprint density at radius 1 is 1.08 bits per heavy atom. The number of hydrogen-bond donors (Lipinski definition) is 2. The lowest BCUT2D eigenvalue weighted by atomic mass is 10.1. The normalized spacial score (nSPS) is 17.2. The first-order chi connectivity index (χ1) is 12.7. The Hall–Kier alpha value is -3.26. The van der Waals surface area contributed by atoms with Crippen LogP contribution in [0.2, 0.25) is 0 Å². The smallest absolute Gasteiger partial charge is 0.322 e. The summed E-state index contributed by atoms with van der Waals surface area (Å²) in [5, 5.41) is 24.2. The third kappa shape index (κ3) is 3.14. The van der Waals surface area contributed by atoms with Gasteiger partial charge in [-0.25, -0.2) is 0 Å². The highest BCUT2D eigenvalue weighted by molar-refractivity contribution is 5.74. The molecule has 2 N–H and O–H groups in total. The molecular weight excluding hydrogens is 332 g/mol. The van der Waals surface area contributed by atoms with Gasteiger partial charge in [0.05, 0.1) is 5.69 Å². The minimum absolute atomic E-state index is 0.317. The fraction of sp³-hybridized carbons (Fsp3) is 0.222. The number of aromatic nitrogens is 4. The van der Waals surface area contributed by atoms with Gasteiger partial charge < -0.3 is 15.3 Å². The van der Waals surface area contributed by atoms with E-state index < -0.39 is 12.0 Å². The van der Waals surface area contributed by atoms with Crippen molar-refractivity contribution in [1.29, 1.82) is 0 Å². The van der Waals surface area contributed by atoms with E-state index in [0.29, 0.717) is 25.6 Å².